The number of aryl methyl sites for hydroxylation is 1. The number of thioether (sulfide) groups is 1. The predicted molar refractivity (Wildman–Crippen MR) is 114 cm³/mol. The smallest absolute Gasteiger partial charge is 0.256 e. The molecule has 0 fully saturated rings. The molecule has 0 radical (unpaired) electrons. The quantitative estimate of drug-likeness (QED) is 0.578. The summed E-state index contributed by atoms with van der Waals surface area (Å²) >= 11 is 1.25. The number of hydrogen-bond donors (Lipinski definition) is 2. The van der Waals surface area contributed by atoms with Crippen molar-refractivity contribution in [3.05, 3.63) is 71.8 Å². The maximum atomic E-state index is 12.2. The van der Waals surface area contributed by atoms with Crippen molar-refractivity contribution >= 4 is 35.1 Å². The van der Waals surface area contributed by atoms with Crippen molar-refractivity contribution < 1.29 is 14.3 Å². The lowest BCUT2D eigenvalue weighted by Crippen LogP contribution is -2.15. The van der Waals surface area contributed by atoms with E-state index in [-0.39, 0.29) is 17.6 Å². The van der Waals surface area contributed by atoms with Gasteiger partial charge < -0.3 is 15.4 Å². The molecule has 2 N–H and O–H groups in total. The molecule has 0 saturated carbocycles. The van der Waals surface area contributed by atoms with Gasteiger partial charge in [-0.1, -0.05) is 36.0 Å². The van der Waals surface area contributed by atoms with Gasteiger partial charge in [-0.25, -0.2) is 0 Å². The number of nitrogens with zero attached hydrogens (tertiary/aromatic N) is 2. The average Bonchev–Trinajstić information content (AvgIpc) is 2.74. The first-order valence-corrected chi connectivity index (χ1v) is 9.81. The van der Waals surface area contributed by atoms with Crippen molar-refractivity contribution in [1.29, 1.82) is 0 Å². The molecule has 3 rings (SSSR count). The maximum absolute atomic E-state index is 12.2. The molecule has 7 nitrogen and oxygen atoms in total. The van der Waals surface area contributed by atoms with Crippen molar-refractivity contribution in [2.45, 2.75) is 11.9 Å². The minimum Gasteiger partial charge on any atom is -0.495 e. The van der Waals surface area contributed by atoms with E-state index in [4.69, 9.17) is 4.74 Å². The number of amides is 2. The Bertz CT molecular complexity index is 995. The summed E-state index contributed by atoms with van der Waals surface area (Å²) in [6.07, 6.45) is 0. The molecular weight excluding hydrogens is 388 g/mol. The van der Waals surface area contributed by atoms with E-state index in [0.717, 1.165) is 5.56 Å². The molecule has 148 valence electrons. The van der Waals surface area contributed by atoms with Crippen molar-refractivity contribution in [3.8, 4) is 5.75 Å². The highest BCUT2D eigenvalue weighted by molar-refractivity contribution is 7.99. The molecule has 1 heterocycles. The first-order chi connectivity index (χ1) is 14.0. The van der Waals surface area contributed by atoms with Gasteiger partial charge in [0.2, 0.25) is 5.91 Å². The number of aromatic nitrogens is 2. The number of ether oxygens (including phenoxy) is 1. The summed E-state index contributed by atoms with van der Waals surface area (Å²) in [6.45, 7) is 1.94. The molecule has 0 saturated heterocycles. The zero-order chi connectivity index (χ0) is 20.6. The first kappa shape index (κ1) is 20.3. The van der Waals surface area contributed by atoms with Crippen molar-refractivity contribution in [3.63, 3.8) is 0 Å². The van der Waals surface area contributed by atoms with Crippen LogP contribution in [-0.4, -0.2) is 34.9 Å². The van der Waals surface area contributed by atoms with Gasteiger partial charge in [0.15, 0.2) is 5.82 Å². The molecule has 8 heteroatoms. The summed E-state index contributed by atoms with van der Waals surface area (Å²) in [5.41, 5.74) is 2.19. The summed E-state index contributed by atoms with van der Waals surface area (Å²) in [5, 5.41) is 14.1. The van der Waals surface area contributed by atoms with Crippen molar-refractivity contribution in [2.24, 2.45) is 0 Å². The molecule has 0 spiro atoms. The maximum Gasteiger partial charge on any atom is 0.256 e. The molecule has 0 aliphatic rings. The minimum absolute atomic E-state index is 0.168. The zero-order valence-corrected chi connectivity index (χ0v) is 16.8. The third-order valence-electron chi connectivity index (χ3n) is 3.90. The third-order valence-corrected chi connectivity index (χ3v) is 4.82. The molecule has 0 atom stereocenters. The lowest BCUT2D eigenvalue weighted by molar-refractivity contribution is -0.113. The molecule has 29 heavy (non-hydrogen) atoms. The van der Waals surface area contributed by atoms with Crippen LogP contribution >= 0.6 is 11.8 Å². The van der Waals surface area contributed by atoms with E-state index >= 15 is 0 Å². The van der Waals surface area contributed by atoms with Crippen LogP contribution in [0.4, 0.5) is 11.5 Å². The van der Waals surface area contributed by atoms with Crippen LogP contribution in [0.3, 0.4) is 0 Å². The first-order valence-electron chi connectivity index (χ1n) is 8.82. The molecule has 2 amide bonds. The van der Waals surface area contributed by atoms with Crippen LogP contribution < -0.4 is 15.4 Å². The second-order valence-corrected chi connectivity index (χ2v) is 7.11. The largest absolute Gasteiger partial charge is 0.495 e. The van der Waals surface area contributed by atoms with E-state index in [0.29, 0.717) is 27.8 Å². The highest BCUT2D eigenvalue weighted by Crippen LogP contribution is 2.25. The molecule has 1 aromatic heterocycles. The number of rotatable bonds is 7. The number of carbonyl (C=O) groups excluding carboxylic acids is 2. The Morgan fingerprint density at radius 1 is 1.00 bits per heavy atom. The molecule has 3 aromatic rings. The van der Waals surface area contributed by atoms with Crippen LogP contribution in [0.2, 0.25) is 0 Å². The highest BCUT2D eigenvalue weighted by atomic mass is 32.2. The SMILES string of the molecule is COc1ccc(C)cc1NC(=O)CSc1ccc(NC(=O)c2ccccc2)nn1. The van der Waals surface area contributed by atoms with Crippen LogP contribution in [0, 0.1) is 6.92 Å². The lowest BCUT2D eigenvalue weighted by atomic mass is 10.2. The molecule has 0 unspecified atom stereocenters. The number of carbonyl (C=O) groups is 2. The Kier molecular flexibility index (Phi) is 6.80. The predicted octanol–water partition coefficient (Wildman–Crippen LogP) is 3.78. The van der Waals surface area contributed by atoms with Gasteiger partial charge in [0.25, 0.3) is 5.91 Å². The normalized spacial score (nSPS) is 10.3. The van der Waals surface area contributed by atoms with Crippen molar-refractivity contribution in [2.75, 3.05) is 23.5 Å². The molecule has 0 aliphatic carbocycles. The molecular formula is C21H20N4O3S. The van der Waals surface area contributed by atoms with Crippen LogP contribution in [0.25, 0.3) is 0 Å². The topological polar surface area (TPSA) is 93.2 Å². The van der Waals surface area contributed by atoms with Gasteiger partial charge >= 0.3 is 0 Å². The van der Waals surface area contributed by atoms with E-state index in [1.807, 2.05) is 31.2 Å². The van der Waals surface area contributed by atoms with Gasteiger partial charge in [-0.15, -0.1) is 10.2 Å². The summed E-state index contributed by atoms with van der Waals surface area (Å²) < 4.78 is 5.26. The molecule has 0 bridgehead atoms. The number of anilines is 2. The summed E-state index contributed by atoms with van der Waals surface area (Å²) in [6, 6.07) is 17.8. The van der Waals surface area contributed by atoms with Crippen LogP contribution in [0.15, 0.2) is 65.7 Å². The van der Waals surface area contributed by atoms with Gasteiger partial charge in [-0.2, -0.15) is 0 Å². The van der Waals surface area contributed by atoms with Gasteiger partial charge in [0, 0.05) is 5.56 Å². The van der Waals surface area contributed by atoms with E-state index in [1.165, 1.54) is 11.8 Å². The van der Waals surface area contributed by atoms with Gasteiger partial charge in [0.1, 0.15) is 10.8 Å². The van der Waals surface area contributed by atoms with E-state index in [9.17, 15) is 9.59 Å². The number of methoxy groups -OCH3 is 1. The standard InChI is InChI=1S/C21H20N4O3S/c1-14-8-9-17(28-2)16(12-14)22-19(26)13-29-20-11-10-18(24-25-20)23-21(27)15-6-4-3-5-7-15/h3-12H,13H2,1-2H3,(H,22,26)(H,23,24,27). The lowest BCUT2D eigenvalue weighted by Gasteiger charge is -2.10. The Hall–Kier alpha value is -3.39. The number of hydrogen-bond acceptors (Lipinski definition) is 6. The fraction of sp³-hybridized carbons (Fsp3) is 0.143. The Morgan fingerprint density at radius 3 is 2.48 bits per heavy atom. The number of benzene rings is 2. The summed E-state index contributed by atoms with van der Waals surface area (Å²) in [7, 11) is 1.56. The molecule has 2 aromatic carbocycles. The van der Waals surface area contributed by atoms with Gasteiger partial charge in [-0.05, 0) is 48.9 Å². The Labute approximate surface area is 172 Å². The Balaban J connectivity index is 1.53. The van der Waals surface area contributed by atoms with E-state index in [2.05, 4.69) is 20.8 Å². The summed E-state index contributed by atoms with van der Waals surface area (Å²) in [5.74, 6) is 0.681. The molecule has 0 aliphatic heterocycles. The van der Waals surface area contributed by atoms with Crippen molar-refractivity contribution in [1.82, 2.24) is 10.2 Å². The number of nitrogens with one attached hydrogen (secondary N) is 2. The monoisotopic (exact) mass is 408 g/mol. The fourth-order valence-corrected chi connectivity index (χ4v) is 3.10. The van der Waals surface area contributed by atoms with Gasteiger partial charge in [0.05, 0.1) is 18.6 Å². The highest BCUT2D eigenvalue weighted by Gasteiger charge is 2.10. The van der Waals surface area contributed by atoms with Crippen LogP contribution in [-0.2, 0) is 4.79 Å². The summed E-state index contributed by atoms with van der Waals surface area (Å²) in [4.78, 5) is 24.4. The van der Waals surface area contributed by atoms with E-state index in [1.54, 1.807) is 43.5 Å². The second kappa shape index (κ2) is 9.70. The third kappa shape index (κ3) is 5.79. The average molecular weight is 408 g/mol. The van der Waals surface area contributed by atoms with Crippen LogP contribution in [0.5, 0.6) is 5.75 Å². The van der Waals surface area contributed by atoms with Gasteiger partial charge in [-0.3, -0.25) is 9.59 Å². The minimum atomic E-state index is -0.258. The zero-order valence-electron chi connectivity index (χ0n) is 16.0. The van der Waals surface area contributed by atoms with E-state index < -0.39 is 0 Å². The van der Waals surface area contributed by atoms with Crippen LogP contribution in [0.1, 0.15) is 15.9 Å². The fourth-order valence-electron chi connectivity index (χ4n) is 2.49. The Morgan fingerprint density at radius 2 is 1.79 bits per heavy atom. The second-order valence-electron chi connectivity index (χ2n) is 6.12.